The lowest BCUT2D eigenvalue weighted by atomic mass is 10.2. The highest BCUT2D eigenvalue weighted by Gasteiger charge is 2.12. The Morgan fingerprint density at radius 3 is 2.71 bits per heavy atom. The fourth-order valence-electron chi connectivity index (χ4n) is 1.56. The summed E-state index contributed by atoms with van der Waals surface area (Å²) in [5.41, 5.74) is 0.242. The van der Waals surface area contributed by atoms with Gasteiger partial charge in [-0.25, -0.2) is 4.79 Å². The summed E-state index contributed by atoms with van der Waals surface area (Å²) in [6.45, 7) is 0.0254. The van der Waals surface area contributed by atoms with E-state index in [1.807, 2.05) is 0 Å². The van der Waals surface area contributed by atoms with Gasteiger partial charge in [-0.05, 0) is 18.2 Å². The van der Waals surface area contributed by atoms with Crippen LogP contribution in [0.2, 0.25) is 5.02 Å². The number of benzene rings is 1. The summed E-state index contributed by atoms with van der Waals surface area (Å²) in [7, 11) is 1.49. The van der Waals surface area contributed by atoms with Gasteiger partial charge in [0.25, 0.3) is 0 Å². The molecular formula is C13H17ClN2O5. The van der Waals surface area contributed by atoms with Crippen LogP contribution in [0, 0.1) is 0 Å². The number of aromatic carboxylic acids is 1. The molecule has 0 bridgehead atoms. The lowest BCUT2D eigenvalue weighted by Crippen LogP contribution is -2.41. The quantitative estimate of drug-likeness (QED) is 0.558. The summed E-state index contributed by atoms with van der Waals surface area (Å²) in [4.78, 5) is 22.6. The molecule has 1 aromatic carbocycles. The van der Waals surface area contributed by atoms with Crippen LogP contribution >= 0.6 is 11.6 Å². The lowest BCUT2D eigenvalue weighted by molar-refractivity contribution is -0.115. The first-order chi connectivity index (χ1) is 9.97. The maximum absolute atomic E-state index is 11.8. The number of halogens is 1. The molecule has 0 aliphatic rings. The van der Waals surface area contributed by atoms with Gasteiger partial charge in [0.15, 0.2) is 0 Å². The van der Waals surface area contributed by atoms with Crippen LogP contribution in [-0.4, -0.2) is 55.0 Å². The molecule has 4 N–H and O–H groups in total. The summed E-state index contributed by atoms with van der Waals surface area (Å²) in [6, 6.07) is 3.66. The van der Waals surface area contributed by atoms with Crippen molar-refractivity contribution in [2.75, 3.05) is 32.2 Å². The summed E-state index contributed by atoms with van der Waals surface area (Å²) in [5, 5.41) is 23.5. The van der Waals surface area contributed by atoms with E-state index in [4.69, 9.17) is 26.6 Å². The molecule has 8 heteroatoms. The number of aliphatic hydroxyl groups excluding tert-OH is 1. The molecule has 0 radical (unpaired) electrons. The Hall–Kier alpha value is -1.67. The molecular weight excluding hydrogens is 300 g/mol. The number of carboxylic acid groups (broad SMARTS) is 1. The molecule has 1 amide bonds. The minimum Gasteiger partial charge on any atom is -0.478 e. The Morgan fingerprint density at radius 1 is 1.43 bits per heavy atom. The van der Waals surface area contributed by atoms with E-state index in [2.05, 4.69) is 10.6 Å². The van der Waals surface area contributed by atoms with Gasteiger partial charge in [0.2, 0.25) is 5.91 Å². The second-order valence-corrected chi connectivity index (χ2v) is 4.67. The number of aliphatic hydroxyl groups is 1. The Bertz CT molecular complexity index is 509. The van der Waals surface area contributed by atoms with E-state index in [-0.39, 0.29) is 42.1 Å². The lowest BCUT2D eigenvalue weighted by Gasteiger charge is -2.15. The first-order valence-electron chi connectivity index (χ1n) is 6.13. The van der Waals surface area contributed by atoms with Crippen molar-refractivity contribution in [3.8, 4) is 0 Å². The first-order valence-corrected chi connectivity index (χ1v) is 6.51. The number of rotatable bonds is 8. The number of hydrogen-bond acceptors (Lipinski definition) is 5. The van der Waals surface area contributed by atoms with Gasteiger partial charge in [0.1, 0.15) is 0 Å². The number of carboxylic acids is 1. The molecule has 1 atom stereocenters. The monoisotopic (exact) mass is 316 g/mol. The minimum absolute atomic E-state index is 0.0234. The van der Waals surface area contributed by atoms with Gasteiger partial charge in [-0.15, -0.1) is 0 Å². The highest BCUT2D eigenvalue weighted by molar-refractivity contribution is 6.33. The third-order valence-corrected chi connectivity index (χ3v) is 2.96. The van der Waals surface area contributed by atoms with E-state index in [0.717, 1.165) is 0 Å². The second-order valence-electron chi connectivity index (χ2n) is 4.26. The van der Waals surface area contributed by atoms with Gasteiger partial charge >= 0.3 is 5.97 Å². The Labute approximate surface area is 126 Å². The number of ether oxygens (including phenoxy) is 1. The average molecular weight is 317 g/mol. The zero-order valence-electron chi connectivity index (χ0n) is 11.4. The predicted molar refractivity (Wildman–Crippen MR) is 77.8 cm³/mol. The number of anilines is 1. The third-order valence-electron chi connectivity index (χ3n) is 2.63. The minimum atomic E-state index is -1.11. The zero-order chi connectivity index (χ0) is 15.8. The van der Waals surface area contributed by atoms with Crippen LogP contribution in [0.5, 0.6) is 0 Å². The molecule has 0 heterocycles. The van der Waals surface area contributed by atoms with Gasteiger partial charge in [-0.1, -0.05) is 11.6 Å². The molecule has 7 nitrogen and oxygen atoms in total. The van der Waals surface area contributed by atoms with Gasteiger partial charge in [-0.3, -0.25) is 4.79 Å². The standard InChI is InChI=1S/C13H17ClN2O5/c1-21-7-9(6-17)15-5-12(18)16-11-4-8(13(19)20)2-3-10(11)14/h2-4,9,15,17H,5-7H2,1H3,(H,16,18)(H,19,20). The van der Waals surface area contributed by atoms with E-state index >= 15 is 0 Å². The summed E-state index contributed by atoms with van der Waals surface area (Å²) < 4.78 is 4.87. The summed E-state index contributed by atoms with van der Waals surface area (Å²) in [5.74, 6) is -1.52. The highest BCUT2D eigenvalue weighted by atomic mass is 35.5. The van der Waals surface area contributed by atoms with Crippen LogP contribution in [0.25, 0.3) is 0 Å². The molecule has 1 rings (SSSR count). The van der Waals surface area contributed by atoms with Gasteiger partial charge in [0.05, 0.1) is 42.1 Å². The van der Waals surface area contributed by atoms with Crippen molar-refractivity contribution in [1.29, 1.82) is 0 Å². The Balaban J connectivity index is 2.62. The van der Waals surface area contributed by atoms with Gasteiger partial charge in [-0.2, -0.15) is 0 Å². The molecule has 0 aromatic heterocycles. The molecule has 21 heavy (non-hydrogen) atoms. The second kappa shape index (κ2) is 8.58. The number of methoxy groups -OCH3 is 1. The van der Waals surface area contributed by atoms with E-state index in [9.17, 15) is 9.59 Å². The number of carbonyl (C=O) groups excluding carboxylic acids is 1. The molecule has 1 aromatic rings. The van der Waals surface area contributed by atoms with E-state index in [1.54, 1.807) is 0 Å². The molecule has 0 aliphatic heterocycles. The zero-order valence-corrected chi connectivity index (χ0v) is 12.2. The van der Waals surface area contributed by atoms with Crippen LogP contribution in [0.15, 0.2) is 18.2 Å². The number of amides is 1. The van der Waals surface area contributed by atoms with Crippen molar-refractivity contribution in [2.24, 2.45) is 0 Å². The first kappa shape index (κ1) is 17.4. The van der Waals surface area contributed by atoms with Crippen molar-refractivity contribution in [1.82, 2.24) is 5.32 Å². The van der Waals surface area contributed by atoms with Crippen molar-refractivity contribution < 1.29 is 24.5 Å². The Kier molecular flexibility index (Phi) is 7.10. The topological polar surface area (TPSA) is 108 Å². The fraction of sp³-hybridized carbons (Fsp3) is 0.385. The number of hydrogen-bond donors (Lipinski definition) is 4. The maximum Gasteiger partial charge on any atom is 0.335 e. The predicted octanol–water partition coefficient (Wildman–Crippen LogP) is 0.574. The summed E-state index contributed by atoms with van der Waals surface area (Å²) >= 11 is 5.90. The van der Waals surface area contributed by atoms with Crippen LogP contribution in [-0.2, 0) is 9.53 Å². The molecule has 0 aliphatic carbocycles. The summed E-state index contributed by atoms with van der Waals surface area (Å²) in [6.07, 6.45) is 0. The van der Waals surface area contributed by atoms with Crippen LogP contribution in [0.4, 0.5) is 5.69 Å². The van der Waals surface area contributed by atoms with Crippen molar-refractivity contribution in [3.05, 3.63) is 28.8 Å². The number of nitrogens with one attached hydrogen (secondary N) is 2. The SMILES string of the molecule is COCC(CO)NCC(=O)Nc1cc(C(=O)O)ccc1Cl. The van der Waals surface area contributed by atoms with E-state index < -0.39 is 11.9 Å². The average Bonchev–Trinajstić information content (AvgIpc) is 2.45. The van der Waals surface area contributed by atoms with Gasteiger partial charge < -0.3 is 25.6 Å². The van der Waals surface area contributed by atoms with Crippen LogP contribution in [0.3, 0.4) is 0 Å². The van der Waals surface area contributed by atoms with Crippen LogP contribution < -0.4 is 10.6 Å². The van der Waals surface area contributed by atoms with Crippen molar-refractivity contribution in [2.45, 2.75) is 6.04 Å². The fourth-order valence-corrected chi connectivity index (χ4v) is 1.73. The van der Waals surface area contributed by atoms with Crippen LogP contribution in [0.1, 0.15) is 10.4 Å². The molecule has 0 fully saturated rings. The normalized spacial score (nSPS) is 12.0. The highest BCUT2D eigenvalue weighted by Crippen LogP contribution is 2.22. The maximum atomic E-state index is 11.8. The third kappa shape index (κ3) is 5.68. The van der Waals surface area contributed by atoms with Crippen molar-refractivity contribution in [3.63, 3.8) is 0 Å². The van der Waals surface area contributed by atoms with Crippen molar-refractivity contribution >= 4 is 29.2 Å². The van der Waals surface area contributed by atoms with E-state index in [1.165, 1.54) is 25.3 Å². The number of carbonyl (C=O) groups is 2. The van der Waals surface area contributed by atoms with E-state index in [0.29, 0.717) is 0 Å². The largest absolute Gasteiger partial charge is 0.478 e. The Morgan fingerprint density at radius 2 is 2.14 bits per heavy atom. The molecule has 0 saturated heterocycles. The smallest absolute Gasteiger partial charge is 0.335 e. The molecule has 1 unspecified atom stereocenters. The molecule has 116 valence electrons. The molecule has 0 spiro atoms. The van der Waals surface area contributed by atoms with Gasteiger partial charge in [0, 0.05) is 7.11 Å². The molecule has 0 saturated carbocycles.